The summed E-state index contributed by atoms with van der Waals surface area (Å²) in [6, 6.07) is 20.8. The molecular formula is C26H20F2N4. The Hall–Kier alpha value is -4.06. The van der Waals surface area contributed by atoms with E-state index < -0.39 is 0 Å². The Morgan fingerprint density at radius 1 is 0.875 bits per heavy atom. The Labute approximate surface area is 184 Å². The van der Waals surface area contributed by atoms with E-state index in [2.05, 4.69) is 10.3 Å². The molecule has 0 fully saturated rings. The number of hydrogen-bond acceptors (Lipinski definition) is 3. The number of para-hydroxylation sites is 1. The van der Waals surface area contributed by atoms with Crippen LogP contribution >= 0.6 is 0 Å². The van der Waals surface area contributed by atoms with Gasteiger partial charge in [-0.25, -0.2) is 13.8 Å². The number of fused-ring (bicyclic) bond motifs is 1. The first-order chi connectivity index (χ1) is 15.5. The number of imidazole rings is 1. The first-order valence-electron chi connectivity index (χ1n) is 10.2. The van der Waals surface area contributed by atoms with Crippen LogP contribution < -0.4 is 5.32 Å². The molecule has 1 N–H and O–H groups in total. The number of nitrogens with one attached hydrogen (secondary N) is 1. The van der Waals surface area contributed by atoms with Crippen LogP contribution in [0.3, 0.4) is 0 Å². The number of halogens is 2. The van der Waals surface area contributed by atoms with Crippen LogP contribution in [0, 0.1) is 18.6 Å². The van der Waals surface area contributed by atoms with Crippen LogP contribution in [-0.2, 0) is 7.05 Å². The van der Waals surface area contributed by atoms with Crippen molar-refractivity contribution < 1.29 is 8.78 Å². The highest BCUT2D eigenvalue weighted by atomic mass is 19.1. The molecule has 158 valence electrons. The molecular weight excluding hydrogens is 406 g/mol. The van der Waals surface area contributed by atoms with Crippen molar-refractivity contribution in [1.29, 1.82) is 0 Å². The van der Waals surface area contributed by atoms with Crippen LogP contribution in [0.5, 0.6) is 0 Å². The molecule has 0 aliphatic rings. The molecule has 3 aromatic carbocycles. The first-order valence-corrected chi connectivity index (χ1v) is 10.2. The molecule has 4 nitrogen and oxygen atoms in total. The molecule has 6 heteroatoms. The lowest BCUT2D eigenvalue weighted by molar-refractivity contribution is 0.628. The Bertz CT molecular complexity index is 1440. The van der Waals surface area contributed by atoms with Gasteiger partial charge >= 0.3 is 0 Å². The van der Waals surface area contributed by atoms with Crippen molar-refractivity contribution in [3.05, 3.63) is 96.3 Å². The summed E-state index contributed by atoms with van der Waals surface area (Å²) in [5, 5.41) is 3.29. The number of benzene rings is 3. The summed E-state index contributed by atoms with van der Waals surface area (Å²) in [6.07, 6.45) is 1.68. The largest absolute Gasteiger partial charge is 0.354 e. The van der Waals surface area contributed by atoms with Gasteiger partial charge in [0.1, 0.15) is 23.0 Å². The van der Waals surface area contributed by atoms with E-state index in [0.717, 1.165) is 39.4 Å². The highest BCUT2D eigenvalue weighted by Gasteiger charge is 2.14. The molecule has 0 amide bonds. The van der Waals surface area contributed by atoms with Crippen LogP contribution in [0.2, 0.25) is 0 Å². The lowest BCUT2D eigenvalue weighted by Crippen LogP contribution is -1.94. The molecule has 2 heterocycles. The van der Waals surface area contributed by atoms with Crippen molar-refractivity contribution in [2.75, 3.05) is 5.32 Å². The first kappa shape index (κ1) is 19.9. The number of rotatable bonds is 4. The van der Waals surface area contributed by atoms with Gasteiger partial charge in [-0.3, -0.25) is 4.98 Å². The maximum atomic E-state index is 14.9. The third kappa shape index (κ3) is 3.60. The number of pyridine rings is 1. The fraction of sp³-hybridized carbons (Fsp3) is 0.0769. The fourth-order valence-corrected chi connectivity index (χ4v) is 3.87. The number of aryl methyl sites for hydroxylation is 2. The number of nitrogens with zero attached hydrogens (tertiary/aromatic N) is 3. The molecule has 2 aromatic heterocycles. The second kappa shape index (κ2) is 7.89. The van der Waals surface area contributed by atoms with E-state index in [-0.39, 0.29) is 11.6 Å². The van der Waals surface area contributed by atoms with Crippen molar-refractivity contribution in [2.45, 2.75) is 6.92 Å². The highest BCUT2D eigenvalue weighted by Crippen LogP contribution is 2.32. The summed E-state index contributed by atoms with van der Waals surface area (Å²) in [6.45, 7) is 1.88. The van der Waals surface area contributed by atoms with Gasteiger partial charge < -0.3 is 9.88 Å². The lowest BCUT2D eigenvalue weighted by atomic mass is 10.0. The van der Waals surface area contributed by atoms with Gasteiger partial charge in [0, 0.05) is 35.8 Å². The summed E-state index contributed by atoms with van der Waals surface area (Å²) in [7, 11) is 1.92. The zero-order valence-corrected chi connectivity index (χ0v) is 17.6. The molecule has 5 aromatic rings. The Morgan fingerprint density at radius 2 is 1.69 bits per heavy atom. The van der Waals surface area contributed by atoms with Crippen LogP contribution in [0.1, 0.15) is 5.69 Å². The van der Waals surface area contributed by atoms with Gasteiger partial charge in [0.15, 0.2) is 0 Å². The topological polar surface area (TPSA) is 42.7 Å². The molecule has 0 saturated carbocycles. The zero-order chi connectivity index (χ0) is 22.2. The van der Waals surface area contributed by atoms with Crippen LogP contribution in [0.4, 0.5) is 20.2 Å². The minimum Gasteiger partial charge on any atom is -0.354 e. The Morgan fingerprint density at radius 3 is 2.44 bits per heavy atom. The second-order valence-electron chi connectivity index (χ2n) is 7.68. The van der Waals surface area contributed by atoms with E-state index in [1.54, 1.807) is 30.5 Å². The van der Waals surface area contributed by atoms with Crippen molar-refractivity contribution in [2.24, 2.45) is 7.05 Å². The minimum absolute atomic E-state index is 0.290. The Kier molecular flexibility index (Phi) is 4.90. The molecule has 32 heavy (non-hydrogen) atoms. The van der Waals surface area contributed by atoms with E-state index in [9.17, 15) is 8.78 Å². The SMILES string of the molecule is Cc1cc(-c2ccc(Nc3cccc4c3nc(-c3ccc(F)cc3)n4C)cc2F)ccn1. The van der Waals surface area contributed by atoms with Crippen molar-refractivity contribution in [1.82, 2.24) is 14.5 Å². The normalized spacial score (nSPS) is 11.1. The van der Waals surface area contributed by atoms with Gasteiger partial charge in [0.05, 0.1) is 11.2 Å². The second-order valence-corrected chi connectivity index (χ2v) is 7.68. The molecule has 0 spiro atoms. The highest BCUT2D eigenvalue weighted by molar-refractivity contribution is 5.93. The van der Waals surface area contributed by atoms with E-state index in [1.807, 2.05) is 48.9 Å². The van der Waals surface area contributed by atoms with Crippen LogP contribution in [0.15, 0.2) is 79.0 Å². The minimum atomic E-state index is -0.319. The zero-order valence-electron chi connectivity index (χ0n) is 17.6. The standard InChI is InChI=1S/C26H20F2N4/c1-16-14-18(12-13-29-16)21-11-10-20(15-22(21)28)30-23-4-3-5-24-25(23)31-26(32(24)2)17-6-8-19(27)9-7-17/h3-15,30H,1-2H3. The van der Waals surface area contributed by atoms with Gasteiger partial charge in [-0.1, -0.05) is 6.07 Å². The number of anilines is 2. The van der Waals surface area contributed by atoms with Gasteiger partial charge in [0.25, 0.3) is 0 Å². The van der Waals surface area contributed by atoms with E-state index in [1.165, 1.54) is 18.2 Å². The summed E-state index contributed by atoms with van der Waals surface area (Å²) in [5.41, 5.74) is 6.02. The van der Waals surface area contributed by atoms with E-state index in [0.29, 0.717) is 11.3 Å². The molecule has 0 atom stereocenters. The molecule has 0 radical (unpaired) electrons. The lowest BCUT2D eigenvalue weighted by Gasteiger charge is -2.10. The van der Waals surface area contributed by atoms with Crippen LogP contribution in [0.25, 0.3) is 33.5 Å². The average Bonchev–Trinajstić information content (AvgIpc) is 3.12. The molecule has 0 saturated heterocycles. The molecule has 0 bridgehead atoms. The van der Waals surface area contributed by atoms with Crippen molar-refractivity contribution >= 4 is 22.4 Å². The van der Waals surface area contributed by atoms with E-state index in [4.69, 9.17) is 4.98 Å². The third-order valence-corrected chi connectivity index (χ3v) is 5.47. The van der Waals surface area contributed by atoms with Gasteiger partial charge in [-0.05, 0) is 79.2 Å². The average molecular weight is 426 g/mol. The molecule has 0 aliphatic carbocycles. The predicted octanol–water partition coefficient (Wildman–Crippen LogP) is 6.63. The summed E-state index contributed by atoms with van der Waals surface area (Å²) < 4.78 is 30.2. The van der Waals surface area contributed by atoms with Crippen molar-refractivity contribution in [3.63, 3.8) is 0 Å². The van der Waals surface area contributed by atoms with E-state index >= 15 is 0 Å². The maximum absolute atomic E-state index is 14.9. The summed E-state index contributed by atoms with van der Waals surface area (Å²) in [4.78, 5) is 8.95. The van der Waals surface area contributed by atoms with Crippen molar-refractivity contribution in [3.8, 4) is 22.5 Å². The fourth-order valence-electron chi connectivity index (χ4n) is 3.87. The third-order valence-electron chi connectivity index (χ3n) is 5.47. The van der Waals surface area contributed by atoms with Gasteiger partial charge in [-0.2, -0.15) is 0 Å². The van der Waals surface area contributed by atoms with Gasteiger partial charge in [0.2, 0.25) is 0 Å². The monoisotopic (exact) mass is 426 g/mol. The smallest absolute Gasteiger partial charge is 0.140 e. The molecule has 5 rings (SSSR count). The summed E-state index contributed by atoms with van der Waals surface area (Å²) >= 11 is 0. The van der Waals surface area contributed by atoms with Gasteiger partial charge in [-0.15, -0.1) is 0 Å². The number of hydrogen-bond donors (Lipinski definition) is 1. The maximum Gasteiger partial charge on any atom is 0.140 e. The quantitative estimate of drug-likeness (QED) is 0.351. The number of aromatic nitrogens is 3. The Balaban J connectivity index is 1.51. The van der Waals surface area contributed by atoms with Crippen LogP contribution in [-0.4, -0.2) is 14.5 Å². The molecule has 0 aliphatic heterocycles. The summed E-state index contributed by atoms with van der Waals surface area (Å²) in [5.74, 6) is 0.118. The predicted molar refractivity (Wildman–Crippen MR) is 124 cm³/mol. The molecule has 0 unspecified atom stereocenters.